The summed E-state index contributed by atoms with van der Waals surface area (Å²) in [5.74, 6) is -4.78. The highest BCUT2D eigenvalue weighted by atomic mass is 19.3. The van der Waals surface area contributed by atoms with Crippen LogP contribution in [0, 0.1) is 12.7 Å². The predicted molar refractivity (Wildman–Crippen MR) is 132 cm³/mol. The summed E-state index contributed by atoms with van der Waals surface area (Å²) < 4.78 is 50.7. The van der Waals surface area contributed by atoms with Crippen molar-refractivity contribution in [1.29, 1.82) is 0 Å². The Bertz CT molecular complexity index is 1400. The molecule has 1 amide bonds. The summed E-state index contributed by atoms with van der Waals surface area (Å²) in [7, 11) is 3.08. The minimum atomic E-state index is -4.05. The number of anilines is 2. The van der Waals surface area contributed by atoms with Gasteiger partial charge in [0.2, 0.25) is 0 Å². The van der Waals surface area contributed by atoms with Crippen LogP contribution in [0.5, 0.6) is 0 Å². The van der Waals surface area contributed by atoms with Crippen LogP contribution in [0.4, 0.5) is 24.7 Å². The van der Waals surface area contributed by atoms with Crippen LogP contribution in [0.3, 0.4) is 0 Å². The number of rotatable bonds is 7. The van der Waals surface area contributed by atoms with Gasteiger partial charge in [-0.2, -0.15) is 8.78 Å². The maximum atomic E-state index is 15.4. The van der Waals surface area contributed by atoms with Crippen molar-refractivity contribution in [2.24, 2.45) is 0 Å². The summed E-state index contributed by atoms with van der Waals surface area (Å²) >= 11 is 0. The van der Waals surface area contributed by atoms with Crippen molar-refractivity contribution >= 4 is 28.3 Å². The number of aliphatic hydroxyl groups is 2. The van der Waals surface area contributed by atoms with Gasteiger partial charge in [0.25, 0.3) is 5.91 Å². The van der Waals surface area contributed by atoms with E-state index in [4.69, 9.17) is 4.74 Å². The zero-order valence-corrected chi connectivity index (χ0v) is 21.4. The van der Waals surface area contributed by atoms with Gasteiger partial charge in [0, 0.05) is 30.7 Å². The number of aromatic nitrogens is 2. The molecule has 0 aliphatic carbocycles. The van der Waals surface area contributed by atoms with Crippen molar-refractivity contribution in [3.05, 3.63) is 58.7 Å². The van der Waals surface area contributed by atoms with E-state index >= 15 is 4.39 Å². The molecular weight excluding hydrogens is 489 g/mol. The van der Waals surface area contributed by atoms with Gasteiger partial charge in [-0.25, -0.2) is 14.4 Å². The van der Waals surface area contributed by atoms with Crippen molar-refractivity contribution < 1.29 is 32.9 Å². The van der Waals surface area contributed by atoms with E-state index in [0.717, 1.165) is 13.0 Å². The molecule has 1 aliphatic rings. The van der Waals surface area contributed by atoms with E-state index in [9.17, 15) is 23.8 Å². The van der Waals surface area contributed by atoms with Crippen LogP contribution < -0.4 is 10.2 Å². The number of fused-ring (bicyclic) bond motifs is 2. The van der Waals surface area contributed by atoms with Crippen LogP contribution in [0.1, 0.15) is 49.3 Å². The molecule has 0 spiro atoms. The lowest BCUT2D eigenvalue weighted by atomic mass is 9.90. The fourth-order valence-electron chi connectivity index (χ4n) is 4.59. The molecular formula is C26H29F3N4O4. The number of aryl methyl sites for hydroxylation is 1. The minimum absolute atomic E-state index is 0.0873. The van der Waals surface area contributed by atoms with E-state index in [1.165, 1.54) is 24.1 Å². The van der Waals surface area contributed by atoms with Gasteiger partial charge in [0.15, 0.2) is 11.2 Å². The first-order chi connectivity index (χ1) is 17.2. The second kappa shape index (κ2) is 8.93. The number of amides is 1. The highest BCUT2D eigenvalue weighted by molar-refractivity contribution is 6.09. The van der Waals surface area contributed by atoms with Crippen LogP contribution in [0.15, 0.2) is 30.3 Å². The number of carbonyl (C=O) groups is 1. The van der Waals surface area contributed by atoms with Gasteiger partial charge >= 0.3 is 5.92 Å². The normalized spacial score (nSPS) is 20.2. The third-order valence-corrected chi connectivity index (χ3v) is 7.09. The van der Waals surface area contributed by atoms with Gasteiger partial charge in [-0.05, 0) is 45.9 Å². The Morgan fingerprint density at radius 1 is 1.27 bits per heavy atom. The first-order valence-electron chi connectivity index (χ1n) is 11.6. The number of nitrogens with one attached hydrogen (secondary N) is 1. The molecule has 0 saturated carbocycles. The van der Waals surface area contributed by atoms with Crippen molar-refractivity contribution in [2.45, 2.75) is 50.9 Å². The maximum Gasteiger partial charge on any atom is 0.306 e. The number of halogens is 3. The van der Waals surface area contributed by atoms with Crippen LogP contribution in [0.25, 0.3) is 10.9 Å². The number of hydrogen-bond donors (Lipinski definition) is 3. The van der Waals surface area contributed by atoms with E-state index < -0.39 is 41.2 Å². The SMILES string of the molecule is COC1(C)C(=O)N(C)c2cc3c(N[C@H](C)c4cccc(C(F)(F)[C@](C)(O)CO)c4F)nc(C)nc3cc21. The summed E-state index contributed by atoms with van der Waals surface area (Å²) in [6.07, 6.45) is 0. The topological polar surface area (TPSA) is 108 Å². The molecule has 2 heterocycles. The molecule has 4 rings (SSSR count). The predicted octanol–water partition coefficient (Wildman–Crippen LogP) is 3.92. The number of aliphatic hydroxyl groups excluding tert-OH is 1. The summed E-state index contributed by atoms with van der Waals surface area (Å²) in [6.45, 7) is 4.42. The molecule has 1 aliphatic heterocycles. The number of nitrogens with zero attached hydrogens (tertiary/aromatic N) is 3. The molecule has 37 heavy (non-hydrogen) atoms. The lowest BCUT2D eigenvalue weighted by Gasteiger charge is -2.32. The second-order valence-electron chi connectivity index (χ2n) is 9.69. The van der Waals surface area contributed by atoms with Crippen LogP contribution in [0.2, 0.25) is 0 Å². The molecule has 3 N–H and O–H groups in total. The average Bonchev–Trinajstić information content (AvgIpc) is 3.03. The van der Waals surface area contributed by atoms with Crippen molar-refractivity contribution in [3.63, 3.8) is 0 Å². The van der Waals surface area contributed by atoms with Crippen LogP contribution >= 0.6 is 0 Å². The number of methoxy groups -OCH3 is 1. The zero-order chi connectivity index (χ0) is 27.5. The lowest BCUT2D eigenvalue weighted by Crippen LogP contribution is -2.47. The Morgan fingerprint density at radius 3 is 2.57 bits per heavy atom. The molecule has 3 atom stereocenters. The van der Waals surface area contributed by atoms with Crippen LogP contribution in [-0.4, -0.2) is 52.5 Å². The van der Waals surface area contributed by atoms with Crippen molar-refractivity contribution in [1.82, 2.24) is 9.97 Å². The molecule has 0 fully saturated rings. The molecule has 1 aromatic heterocycles. The number of carbonyl (C=O) groups excluding carboxylic acids is 1. The van der Waals surface area contributed by atoms with E-state index in [-0.39, 0.29) is 11.5 Å². The molecule has 0 radical (unpaired) electrons. The standard InChI is InChI=1S/C26H29F3N4O4/c1-13(15-8-7-9-17(21(15)27)26(28,29)24(3,36)12-34)30-22-16-10-20-18(11-19(16)31-14(2)32-22)25(4,37-6)23(35)33(20)5/h7-11,13,34,36H,12H2,1-6H3,(H,30,31,32)/t13-,24-,25?/m1/s1. The second-order valence-corrected chi connectivity index (χ2v) is 9.69. The van der Waals surface area contributed by atoms with E-state index in [1.807, 2.05) is 0 Å². The largest absolute Gasteiger partial charge is 0.393 e. The molecule has 0 saturated heterocycles. The summed E-state index contributed by atoms with van der Waals surface area (Å²) in [6, 6.07) is 6.15. The fraction of sp³-hybridized carbons (Fsp3) is 0.423. The first-order valence-corrected chi connectivity index (χ1v) is 11.6. The third kappa shape index (κ3) is 4.01. The number of hydrogen-bond acceptors (Lipinski definition) is 7. The molecule has 11 heteroatoms. The Morgan fingerprint density at radius 2 is 1.95 bits per heavy atom. The Hall–Kier alpha value is -3.28. The quantitative estimate of drug-likeness (QED) is 0.435. The highest BCUT2D eigenvalue weighted by Gasteiger charge is 2.52. The van der Waals surface area contributed by atoms with Gasteiger partial charge in [-0.15, -0.1) is 0 Å². The number of benzene rings is 2. The Balaban J connectivity index is 1.79. The van der Waals surface area contributed by atoms with Crippen molar-refractivity contribution in [2.75, 3.05) is 31.0 Å². The van der Waals surface area contributed by atoms with Crippen molar-refractivity contribution in [3.8, 4) is 0 Å². The number of alkyl halides is 2. The van der Waals surface area contributed by atoms with E-state index in [0.29, 0.717) is 33.8 Å². The zero-order valence-electron chi connectivity index (χ0n) is 21.4. The maximum absolute atomic E-state index is 15.4. The fourth-order valence-corrected chi connectivity index (χ4v) is 4.59. The van der Waals surface area contributed by atoms with E-state index in [1.54, 1.807) is 40.0 Å². The third-order valence-electron chi connectivity index (χ3n) is 7.09. The summed E-state index contributed by atoms with van der Waals surface area (Å²) in [5.41, 5.74) is -3.39. The molecule has 198 valence electrons. The molecule has 3 aromatic rings. The Kier molecular flexibility index (Phi) is 6.46. The van der Waals surface area contributed by atoms with Gasteiger partial charge in [-0.1, -0.05) is 12.1 Å². The minimum Gasteiger partial charge on any atom is -0.393 e. The van der Waals surface area contributed by atoms with E-state index in [2.05, 4.69) is 15.3 Å². The van der Waals surface area contributed by atoms with Gasteiger partial charge < -0.3 is 25.2 Å². The molecule has 8 nitrogen and oxygen atoms in total. The average molecular weight is 519 g/mol. The highest BCUT2D eigenvalue weighted by Crippen LogP contribution is 2.45. The smallest absolute Gasteiger partial charge is 0.306 e. The monoisotopic (exact) mass is 518 g/mol. The summed E-state index contributed by atoms with van der Waals surface area (Å²) in [4.78, 5) is 23.3. The lowest BCUT2D eigenvalue weighted by molar-refractivity contribution is -0.197. The number of likely N-dealkylation sites (N-methyl/N-ethyl adjacent to an activating group) is 1. The molecule has 0 bridgehead atoms. The van der Waals surface area contributed by atoms with Gasteiger partial charge in [0.05, 0.1) is 29.4 Å². The van der Waals surface area contributed by atoms with Gasteiger partial charge in [0.1, 0.15) is 17.5 Å². The number of ether oxygens (including phenoxy) is 1. The van der Waals surface area contributed by atoms with Crippen LogP contribution in [-0.2, 0) is 21.1 Å². The Labute approximate surface area is 212 Å². The molecule has 1 unspecified atom stereocenters. The summed E-state index contributed by atoms with van der Waals surface area (Å²) in [5, 5.41) is 22.8. The first kappa shape index (κ1) is 26.8. The molecule has 2 aromatic carbocycles. The van der Waals surface area contributed by atoms with Gasteiger partial charge in [-0.3, -0.25) is 4.79 Å².